The number of rotatable bonds is 10. The summed E-state index contributed by atoms with van der Waals surface area (Å²) in [7, 11) is 0. The monoisotopic (exact) mass is 466 g/mol. The first-order valence-corrected chi connectivity index (χ1v) is 11.8. The Bertz CT molecular complexity index is 848. The number of carbonyl (C=O) groups is 2. The van der Waals surface area contributed by atoms with Crippen molar-refractivity contribution in [3.8, 4) is 0 Å². The van der Waals surface area contributed by atoms with Crippen LogP contribution in [0.3, 0.4) is 0 Å². The third kappa shape index (κ3) is 7.22. The van der Waals surface area contributed by atoms with Gasteiger partial charge in [0.25, 0.3) is 0 Å². The van der Waals surface area contributed by atoms with Gasteiger partial charge in [0.05, 0.1) is 5.75 Å². The Morgan fingerprint density at radius 2 is 1.77 bits per heavy atom. The van der Waals surface area contributed by atoms with Crippen LogP contribution in [0.5, 0.6) is 0 Å². The molecule has 2 aromatic rings. The summed E-state index contributed by atoms with van der Waals surface area (Å²) in [6, 6.07) is 14.4. The van der Waals surface area contributed by atoms with E-state index in [1.807, 2.05) is 51.1 Å². The van der Waals surface area contributed by atoms with Gasteiger partial charge in [-0.25, -0.2) is 0 Å². The molecule has 30 heavy (non-hydrogen) atoms. The molecule has 0 aromatic heterocycles. The summed E-state index contributed by atoms with van der Waals surface area (Å²) in [5.74, 6) is -0.0153. The van der Waals surface area contributed by atoms with Crippen molar-refractivity contribution in [2.24, 2.45) is 0 Å². The molecule has 0 heterocycles. The molecule has 2 rings (SSSR count). The van der Waals surface area contributed by atoms with Crippen molar-refractivity contribution in [2.45, 2.75) is 57.1 Å². The van der Waals surface area contributed by atoms with Gasteiger partial charge in [0.2, 0.25) is 11.8 Å². The van der Waals surface area contributed by atoms with E-state index in [9.17, 15) is 9.59 Å². The zero-order valence-electron chi connectivity index (χ0n) is 17.5. The van der Waals surface area contributed by atoms with Crippen molar-refractivity contribution in [3.63, 3.8) is 0 Å². The molecule has 0 saturated carbocycles. The Morgan fingerprint density at radius 3 is 2.37 bits per heavy atom. The van der Waals surface area contributed by atoms with Crippen molar-refractivity contribution in [1.82, 2.24) is 10.2 Å². The van der Waals surface area contributed by atoms with Gasteiger partial charge in [-0.1, -0.05) is 61.3 Å². The summed E-state index contributed by atoms with van der Waals surface area (Å²) in [5.41, 5.74) is 0.758. The molecule has 2 atom stereocenters. The summed E-state index contributed by atoms with van der Waals surface area (Å²) < 4.78 is 0. The van der Waals surface area contributed by atoms with Crippen molar-refractivity contribution in [2.75, 3.05) is 5.75 Å². The fourth-order valence-electron chi connectivity index (χ4n) is 2.94. The fraction of sp³-hybridized carbons (Fsp3) is 0.391. The lowest BCUT2D eigenvalue weighted by Crippen LogP contribution is -2.51. The number of nitrogens with zero attached hydrogens (tertiary/aromatic N) is 1. The Labute approximate surface area is 193 Å². The highest BCUT2D eigenvalue weighted by Gasteiger charge is 2.29. The molecule has 0 spiro atoms. The molecule has 2 aromatic carbocycles. The van der Waals surface area contributed by atoms with Crippen LogP contribution in [0.4, 0.5) is 0 Å². The molecule has 0 aliphatic carbocycles. The molecule has 0 unspecified atom stereocenters. The van der Waals surface area contributed by atoms with Crippen LogP contribution in [-0.2, 0) is 16.1 Å². The summed E-state index contributed by atoms with van der Waals surface area (Å²) in [6.45, 7) is 6.13. The van der Waals surface area contributed by atoms with Gasteiger partial charge in [-0.05, 0) is 49.6 Å². The van der Waals surface area contributed by atoms with Gasteiger partial charge in [0, 0.05) is 27.5 Å². The van der Waals surface area contributed by atoms with E-state index in [1.165, 1.54) is 11.8 Å². The Hall–Kier alpha value is -1.69. The SMILES string of the molecule is CC[C@@H](C)NC(=O)[C@H](CC)N(Cc1ccc(Cl)cc1Cl)C(=O)CSc1ccccc1. The van der Waals surface area contributed by atoms with Crippen molar-refractivity contribution < 1.29 is 9.59 Å². The van der Waals surface area contributed by atoms with E-state index >= 15 is 0 Å². The highest BCUT2D eigenvalue weighted by molar-refractivity contribution is 8.00. The third-order valence-corrected chi connectivity index (χ3v) is 6.43. The molecule has 1 N–H and O–H groups in total. The van der Waals surface area contributed by atoms with Crippen LogP contribution in [0.25, 0.3) is 0 Å². The van der Waals surface area contributed by atoms with Crippen LogP contribution in [0.2, 0.25) is 10.0 Å². The van der Waals surface area contributed by atoms with E-state index in [4.69, 9.17) is 23.2 Å². The largest absolute Gasteiger partial charge is 0.352 e. The minimum atomic E-state index is -0.574. The van der Waals surface area contributed by atoms with Crippen molar-refractivity contribution >= 4 is 46.8 Å². The standard InChI is InChI=1S/C23H28Cl2N2O2S/c1-4-16(3)26-23(29)21(5-2)27(14-17-11-12-18(24)13-20(17)25)22(28)15-30-19-9-7-6-8-10-19/h6-13,16,21H,4-5,14-15H2,1-3H3,(H,26,29)/t16-,21+/m1/s1. The lowest BCUT2D eigenvalue weighted by atomic mass is 10.1. The van der Waals surface area contributed by atoms with Crippen molar-refractivity contribution in [1.29, 1.82) is 0 Å². The molecule has 2 amide bonds. The maximum absolute atomic E-state index is 13.2. The smallest absolute Gasteiger partial charge is 0.243 e. The van der Waals surface area contributed by atoms with Gasteiger partial charge >= 0.3 is 0 Å². The van der Waals surface area contributed by atoms with Crippen LogP contribution in [-0.4, -0.2) is 34.6 Å². The van der Waals surface area contributed by atoms with Gasteiger partial charge in [-0.15, -0.1) is 11.8 Å². The zero-order chi connectivity index (χ0) is 22.1. The summed E-state index contributed by atoms with van der Waals surface area (Å²) in [4.78, 5) is 28.8. The molecule has 0 aliphatic rings. The van der Waals surface area contributed by atoms with E-state index in [1.54, 1.807) is 23.1 Å². The molecular formula is C23H28Cl2N2O2S. The first-order valence-electron chi connectivity index (χ1n) is 10.1. The van der Waals surface area contributed by atoms with E-state index < -0.39 is 6.04 Å². The van der Waals surface area contributed by atoms with E-state index in [2.05, 4.69) is 5.32 Å². The average molecular weight is 467 g/mol. The fourth-order valence-corrected chi connectivity index (χ4v) is 4.21. The highest BCUT2D eigenvalue weighted by Crippen LogP contribution is 2.25. The Kier molecular flexibility index (Phi) is 10.0. The molecule has 0 saturated heterocycles. The number of hydrogen-bond acceptors (Lipinski definition) is 3. The van der Waals surface area contributed by atoms with Crippen LogP contribution < -0.4 is 5.32 Å². The summed E-state index contributed by atoms with van der Waals surface area (Å²) in [5, 5.41) is 4.02. The van der Waals surface area contributed by atoms with Crippen LogP contribution in [0.1, 0.15) is 39.2 Å². The second-order valence-corrected chi connectivity index (χ2v) is 8.99. The number of amides is 2. The van der Waals surface area contributed by atoms with Gasteiger partial charge in [-0.2, -0.15) is 0 Å². The number of thioether (sulfide) groups is 1. The van der Waals surface area contributed by atoms with Crippen LogP contribution in [0.15, 0.2) is 53.4 Å². The minimum Gasteiger partial charge on any atom is -0.352 e. The highest BCUT2D eigenvalue weighted by atomic mass is 35.5. The van der Waals surface area contributed by atoms with E-state index in [-0.39, 0.29) is 30.2 Å². The molecule has 0 bridgehead atoms. The maximum Gasteiger partial charge on any atom is 0.243 e. The molecule has 0 radical (unpaired) electrons. The zero-order valence-corrected chi connectivity index (χ0v) is 19.9. The second-order valence-electron chi connectivity index (χ2n) is 7.10. The topological polar surface area (TPSA) is 49.4 Å². The molecule has 162 valence electrons. The number of benzene rings is 2. The summed E-state index contributed by atoms with van der Waals surface area (Å²) in [6.07, 6.45) is 1.33. The van der Waals surface area contributed by atoms with E-state index in [0.717, 1.165) is 16.9 Å². The maximum atomic E-state index is 13.2. The predicted octanol–water partition coefficient (Wildman–Crippen LogP) is 5.81. The lowest BCUT2D eigenvalue weighted by Gasteiger charge is -2.31. The normalized spacial score (nSPS) is 12.8. The van der Waals surface area contributed by atoms with Gasteiger partial charge < -0.3 is 10.2 Å². The number of hydrogen-bond donors (Lipinski definition) is 1. The van der Waals surface area contributed by atoms with Crippen LogP contribution in [0, 0.1) is 0 Å². The Morgan fingerprint density at radius 1 is 1.07 bits per heavy atom. The van der Waals surface area contributed by atoms with Crippen molar-refractivity contribution in [3.05, 3.63) is 64.1 Å². The molecular weight excluding hydrogens is 439 g/mol. The number of carbonyl (C=O) groups excluding carboxylic acids is 2. The summed E-state index contributed by atoms with van der Waals surface area (Å²) >= 11 is 13.8. The van der Waals surface area contributed by atoms with Gasteiger partial charge in [-0.3, -0.25) is 9.59 Å². The van der Waals surface area contributed by atoms with Gasteiger partial charge in [0.15, 0.2) is 0 Å². The first kappa shape index (κ1) is 24.6. The van der Waals surface area contributed by atoms with E-state index in [0.29, 0.717) is 16.5 Å². The van der Waals surface area contributed by atoms with Crippen LogP contribution >= 0.6 is 35.0 Å². The second kappa shape index (κ2) is 12.2. The minimum absolute atomic E-state index is 0.0429. The molecule has 4 nitrogen and oxygen atoms in total. The molecule has 0 aliphatic heterocycles. The predicted molar refractivity (Wildman–Crippen MR) is 126 cm³/mol. The lowest BCUT2D eigenvalue weighted by molar-refractivity contribution is -0.139. The average Bonchev–Trinajstić information content (AvgIpc) is 2.74. The number of nitrogens with one attached hydrogen (secondary N) is 1. The first-order chi connectivity index (χ1) is 14.3. The quantitative estimate of drug-likeness (QED) is 0.449. The molecule has 0 fully saturated rings. The van der Waals surface area contributed by atoms with Gasteiger partial charge in [0.1, 0.15) is 6.04 Å². The number of halogens is 2. The Balaban J connectivity index is 2.24. The molecule has 7 heteroatoms. The third-order valence-electron chi connectivity index (χ3n) is 4.85.